The average Bonchev–Trinajstić information content (AvgIpc) is 2.30. The van der Waals surface area contributed by atoms with Crippen molar-refractivity contribution in [3.05, 3.63) is 0 Å². The van der Waals surface area contributed by atoms with Crippen LogP contribution in [0.25, 0.3) is 0 Å². The van der Waals surface area contributed by atoms with Crippen LogP contribution in [-0.4, -0.2) is 36.6 Å². The molecule has 16 heavy (non-hydrogen) atoms. The van der Waals surface area contributed by atoms with Gasteiger partial charge in [-0.3, -0.25) is 4.79 Å². The van der Waals surface area contributed by atoms with Gasteiger partial charge in [0.25, 0.3) is 0 Å². The van der Waals surface area contributed by atoms with Gasteiger partial charge in [-0.05, 0) is 18.8 Å². The Morgan fingerprint density at radius 3 is 3.00 bits per heavy atom. The third-order valence-electron chi connectivity index (χ3n) is 4.37. The predicted molar refractivity (Wildman–Crippen MR) is 63.1 cm³/mol. The van der Waals surface area contributed by atoms with Gasteiger partial charge in [-0.1, -0.05) is 20.3 Å². The van der Waals surface area contributed by atoms with Crippen molar-refractivity contribution in [1.29, 1.82) is 0 Å². The topological polar surface area (TPSA) is 29.5 Å². The number of rotatable bonds is 2. The Balaban J connectivity index is 2.18. The van der Waals surface area contributed by atoms with Gasteiger partial charge >= 0.3 is 0 Å². The number of piperidine rings is 1. The molecule has 92 valence electrons. The van der Waals surface area contributed by atoms with Crippen LogP contribution in [0.3, 0.4) is 0 Å². The van der Waals surface area contributed by atoms with E-state index in [-0.39, 0.29) is 12.0 Å². The summed E-state index contributed by atoms with van der Waals surface area (Å²) in [4.78, 5) is 13.9. The normalized spacial score (nSPS) is 37.1. The monoisotopic (exact) mass is 225 g/mol. The van der Waals surface area contributed by atoms with Gasteiger partial charge in [-0.2, -0.15) is 0 Å². The maximum Gasteiger partial charge on any atom is 0.225 e. The minimum absolute atomic E-state index is 0.191. The molecule has 0 N–H and O–H groups in total. The first-order valence-corrected chi connectivity index (χ1v) is 6.52. The molecule has 2 saturated heterocycles. The van der Waals surface area contributed by atoms with Crippen molar-refractivity contribution in [3.8, 4) is 0 Å². The van der Waals surface area contributed by atoms with Gasteiger partial charge in [-0.25, -0.2) is 0 Å². The summed E-state index contributed by atoms with van der Waals surface area (Å²) < 4.78 is 5.78. The fraction of sp³-hybridized carbons (Fsp3) is 0.923. The number of hydrogen-bond acceptors (Lipinski definition) is 2. The third-order valence-corrected chi connectivity index (χ3v) is 4.37. The molecule has 0 aromatic heterocycles. The second-order valence-corrected chi connectivity index (χ2v) is 5.30. The molecular formula is C13H23NO2. The van der Waals surface area contributed by atoms with Gasteiger partial charge in [0.2, 0.25) is 5.91 Å². The number of carbonyl (C=O) groups excluding carboxylic acids is 1. The van der Waals surface area contributed by atoms with Crippen molar-refractivity contribution in [2.24, 2.45) is 11.8 Å². The van der Waals surface area contributed by atoms with Crippen LogP contribution in [0.4, 0.5) is 0 Å². The molecule has 0 aromatic carbocycles. The molecule has 2 heterocycles. The minimum atomic E-state index is 0.191. The summed E-state index contributed by atoms with van der Waals surface area (Å²) in [6.45, 7) is 5.30. The summed E-state index contributed by atoms with van der Waals surface area (Å²) in [5.41, 5.74) is 0. The maximum atomic E-state index is 11.9. The van der Waals surface area contributed by atoms with Crippen LogP contribution < -0.4 is 0 Å². The SMILES string of the molecule is CCC(C)C1C2CCCOC2CC(=O)N1C. The molecule has 0 saturated carbocycles. The molecule has 0 spiro atoms. The van der Waals surface area contributed by atoms with Gasteiger partial charge in [0.05, 0.1) is 12.5 Å². The van der Waals surface area contributed by atoms with Crippen LogP contribution in [-0.2, 0) is 9.53 Å². The van der Waals surface area contributed by atoms with E-state index in [1.165, 1.54) is 6.42 Å². The lowest BCUT2D eigenvalue weighted by molar-refractivity contribution is -0.155. The quantitative estimate of drug-likeness (QED) is 0.720. The number of fused-ring (bicyclic) bond motifs is 1. The van der Waals surface area contributed by atoms with Crippen molar-refractivity contribution in [2.75, 3.05) is 13.7 Å². The Kier molecular flexibility index (Phi) is 3.53. The zero-order chi connectivity index (χ0) is 11.7. The van der Waals surface area contributed by atoms with Gasteiger partial charge < -0.3 is 9.64 Å². The van der Waals surface area contributed by atoms with E-state index in [2.05, 4.69) is 13.8 Å². The van der Waals surface area contributed by atoms with Gasteiger partial charge in [0.15, 0.2) is 0 Å². The zero-order valence-electron chi connectivity index (χ0n) is 10.6. The number of carbonyl (C=O) groups is 1. The van der Waals surface area contributed by atoms with Crippen molar-refractivity contribution < 1.29 is 9.53 Å². The van der Waals surface area contributed by atoms with Gasteiger partial charge in [0, 0.05) is 25.6 Å². The summed E-state index contributed by atoms with van der Waals surface area (Å²) in [6, 6.07) is 0.386. The lowest BCUT2D eigenvalue weighted by Gasteiger charge is -2.48. The number of nitrogens with zero attached hydrogens (tertiary/aromatic N) is 1. The van der Waals surface area contributed by atoms with Crippen LogP contribution in [0.1, 0.15) is 39.5 Å². The molecule has 2 rings (SSSR count). The van der Waals surface area contributed by atoms with Crippen LogP contribution >= 0.6 is 0 Å². The Bertz CT molecular complexity index is 267. The van der Waals surface area contributed by atoms with Gasteiger partial charge in [0.1, 0.15) is 0 Å². The molecule has 3 heteroatoms. The molecular weight excluding hydrogens is 202 g/mol. The van der Waals surface area contributed by atoms with Crippen molar-refractivity contribution in [1.82, 2.24) is 4.90 Å². The molecule has 4 atom stereocenters. The highest BCUT2D eigenvalue weighted by Gasteiger charge is 2.43. The van der Waals surface area contributed by atoms with Crippen molar-refractivity contribution >= 4 is 5.91 Å². The molecule has 2 aliphatic heterocycles. The highest BCUT2D eigenvalue weighted by Crippen LogP contribution is 2.37. The maximum absolute atomic E-state index is 11.9. The number of likely N-dealkylation sites (tertiary alicyclic amines) is 1. The number of hydrogen-bond donors (Lipinski definition) is 0. The van der Waals surface area contributed by atoms with E-state index in [4.69, 9.17) is 4.74 Å². The van der Waals surface area contributed by atoms with E-state index in [9.17, 15) is 4.79 Å². The summed E-state index contributed by atoms with van der Waals surface area (Å²) in [7, 11) is 1.96. The summed E-state index contributed by atoms with van der Waals surface area (Å²) in [5, 5.41) is 0. The first-order chi connectivity index (χ1) is 7.65. The average molecular weight is 225 g/mol. The summed E-state index contributed by atoms with van der Waals surface area (Å²) in [6.07, 6.45) is 4.28. The van der Waals surface area contributed by atoms with Crippen LogP contribution in [0.15, 0.2) is 0 Å². The molecule has 3 nitrogen and oxygen atoms in total. The Morgan fingerprint density at radius 2 is 2.31 bits per heavy atom. The van der Waals surface area contributed by atoms with E-state index in [0.717, 1.165) is 19.4 Å². The second-order valence-electron chi connectivity index (χ2n) is 5.30. The fourth-order valence-corrected chi connectivity index (χ4v) is 3.28. The molecule has 0 aromatic rings. The summed E-state index contributed by atoms with van der Waals surface area (Å²) in [5.74, 6) is 1.39. The Morgan fingerprint density at radius 1 is 1.56 bits per heavy atom. The lowest BCUT2D eigenvalue weighted by Crippen LogP contribution is -2.56. The minimum Gasteiger partial charge on any atom is -0.377 e. The molecule has 0 radical (unpaired) electrons. The van der Waals surface area contributed by atoms with E-state index in [1.807, 2.05) is 11.9 Å². The Labute approximate surface area is 98.1 Å². The van der Waals surface area contributed by atoms with E-state index in [0.29, 0.717) is 24.3 Å². The number of ether oxygens (including phenoxy) is 1. The Hall–Kier alpha value is -0.570. The zero-order valence-corrected chi connectivity index (χ0v) is 10.6. The smallest absolute Gasteiger partial charge is 0.225 e. The molecule has 2 aliphatic rings. The first kappa shape index (κ1) is 11.9. The first-order valence-electron chi connectivity index (χ1n) is 6.52. The van der Waals surface area contributed by atoms with Crippen LogP contribution in [0, 0.1) is 11.8 Å². The van der Waals surface area contributed by atoms with E-state index in [1.54, 1.807) is 0 Å². The van der Waals surface area contributed by atoms with E-state index >= 15 is 0 Å². The molecule has 0 aliphatic carbocycles. The van der Waals surface area contributed by atoms with Crippen molar-refractivity contribution in [3.63, 3.8) is 0 Å². The second kappa shape index (κ2) is 4.74. The number of amides is 1. The molecule has 2 fully saturated rings. The van der Waals surface area contributed by atoms with E-state index < -0.39 is 0 Å². The summed E-state index contributed by atoms with van der Waals surface area (Å²) >= 11 is 0. The highest BCUT2D eigenvalue weighted by atomic mass is 16.5. The third kappa shape index (κ3) is 1.97. The lowest BCUT2D eigenvalue weighted by atomic mass is 9.76. The standard InChI is InChI=1S/C13H23NO2/c1-4-9(2)13-10-6-5-7-16-11(10)8-12(15)14(13)3/h9-11,13H,4-8H2,1-3H3. The molecule has 1 amide bonds. The largest absolute Gasteiger partial charge is 0.377 e. The van der Waals surface area contributed by atoms with Gasteiger partial charge in [-0.15, -0.1) is 0 Å². The highest BCUT2D eigenvalue weighted by molar-refractivity contribution is 5.78. The molecule has 0 bridgehead atoms. The molecule has 4 unspecified atom stereocenters. The fourth-order valence-electron chi connectivity index (χ4n) is 3.28. The van der Waals surface area contributed by atoms with Crippen molar-refractivity contribution in [2.45, 2.75) is 51.7 Å². The predicted octanol–water partition coefficient (Wildman–Crippen LogP) is 2.06. The van der Waals surface area contributed by atoms with Crippen LogP contribution in [0.5, 0.6) is 0 Å². The van der Waals surface area contributed by atoms with Crippen LogP contribution in [0.2, 0.25) is 0 Å².